The Morgan fingerprint density at radius 3 is 2.53 bits per heavy atom. The van der Waals surface area contributed by atoms with Crippen LogP contribution in [0.4, 0.5) is 5.69 Å². The van der Waals surface area contributed by atoms with Crippen LogP contribution in [0.2, 0.25) is 0 Å². The van der Waals surface area contributed by atoms with Gasteiger partial charge in [0.1, 0.15) is 0 Å². The lowest BCUT2D eigenvalue weighted by Crippen LogP contribution is -2.49. The van der Waals surface area contributed by atoms with Crippen LogP contribution in [0.3, 0.4) is 0 Å². The van der Waals surface area contributed by atoms with E-state index in [0.717, 1.165) is 26.2 Å². The average Bonchev–Trinajstić information content (AvgIpc) is 2.41. The Labute approximate surface area is 115 Å². The molecule has 0 atom stereocenters. The minimum Gasteiger partial charge on any atom is -0.369 e. The van der Waals surface area contributed by atoms with Gasteiger partial charge < -0.3 is 10.2 Å². The average molecular weight is 261 g/mol. The number of hydrogen-bond donors (Lipinski definition) is 1. The van der Waals surface area contributed by atoms with E-state index in [-0.39, 0.29) is 5.91 Å². The summed E-state index contributed by atoms with van der Waals surface area (Å²) >= 11 is 0. The van der Waals surface area contributed by atoms with Crippen LogP contribution in [-0.4, -0.2) is 50.1 Å². The van der Waals surface area contributed by atoms with Crippen LogP contribution in [0.1, 0.15) is 12.5 Å². The minimum absolute atomic E-state index is 0.131. The molecule has 4 heteroatoms. The van der Waals surface area contributed by atoms with Crippen molar-refractivity contribution in [3.8, 4) is 0 Å². The van der Waals surface area contributed by atoms with Gasteiger partial charge in [-0.05, 0) is 25.5 Å². The van der Waals surface area contributed by atoms with Gasteiger partial charge in [-0.15, -0.1) is 0 Å². The highest BCUT2D eigenvalue weighted by atomic mass is 16.2. The van der Waals surface area contributed by atoms with Gasteiger partial charge in [-0.25, -0.2) is 0 Å². The normalized spacial score (nSPS) is 16.4. The number of benzene rings is 1. The van der Waals surface area contributed by atoms with Crippen LogP contribution in [-0.2, 0) is 4.79 Å². The Morgan fingerprint density at radius 1 is 1.21 bits per heavy atom. The summed E-state index contributed by atoms with van der Waals surface area (Å²) in [6, 6.07) is 8.48. The third-order valence-electron chi connectivity index (χ3n) is 3.57. The zero-order valence-corrected chi connectivity index (χ0v) is 11.9. The summed E-state index contributed by atoms with van der Waals surface area (Å²) in [5.74, 6) is 0.131. The third kappa shape index (κ3) is 3.70. The maximum atomic E-state index is 11.6. The van der Waals surface area contributed by atoms with E-state index in [4.69, 9.17) is 0 Å². The largest absolute Gasteiger partial charge is 0.369 e. The first-order chi connectivity index (χ1) is 9.20. The van der Waals surface area contributed by atoms with Crippen molar-refractivity contribution in [2.75, 3.05) is 44.2 Å². The Morgan fingerprint density at radius 2 is 1.89 bits per heavy atom. The second kappa shape index (κ2) is 6.57. The maximum absolute atomic E-state index is 11.6. The molecule has 1 aliphatic heterocycles. The second-order valence-electron chi connectivity index (χ2n) is 5.00. The Kier molecular flexibility index (Phi) is 4.80. The first-order valence-corrected chi connectivity index (χ1v) is 7.00. The fourth-order valence-corrected chi connectivity index (χ4v) is 2.52. The summed E-state index contributed by atoms with van der Waals surface area (Å²) in [6.45, 7) is 9.22. The van der Waals surface area contributed by atoms with E-state index in [1.165, 1.54) is 11.3 Å². The van der Waals surface area contributed by atoms with E-state index in [9.17, 15) is 4.79 Å². The molecule has 0 aliphatic carbocycles. The van der Waals surface area contributed by atoms with Gasteiger partial charge in [0.25, 0.3) is 0 Å². The summed E-state index contributed by atoms with van der Waals surface area (Å²) in [5, 5.41) is 2.85. The highest BCUT2D eigenvalue weighted by Crippen LogP contribution is 2.20. The lowest BCUT2D eigenvalue weighted by atomic mass is 10.1. The van der Waals surface area contributed by atoms with E-state index in [1.807, 2.05) is 6.92 Å². The smallest absolute Gasteiger partial charge is 0.234 e. The molecule has 0 aromatic heterocycles. The minimum atomic E-state index is 0.131. The molecule has 1 aromatic carbocycles. The maximum Gasteiger partial charge on any atom is 0.234 e. The SMILES string of the molecule is CCNC(=O)CN1CCN(c2ccccc2C)CC1. The molecule has 1 amide bonds. The van der Waals surface area contributed by atoms with Gasteiger partial charge in [0.05, 0.1) is 6.54 Å². The molecule has 1 aliphatic rings. The summed E-state index contributed by atoms with van der Waals surface area (Å²) in [7, 11) is 0. The van der Waals surface area contributed by atoms with Gasteiger partial charge in [-0.3, -0.25) is 9.69 Å². The van der Waals surface area contributed by atoms with E-state index in [1.54, 1.807) is 0 Å². The molecule has 0 spiro atoms. The number of piperazine rings is 1. The molecule has 0 radical (unpaired) electrons. The number of likely N-dealkylation sites (N-methyl/N-ethyl adjacent to an activating group) is 1. The molecule has 0 saturated carbocycles. The quantitative estimate of drug-likeness (QED) is 0.886. The molecule has 0 bridgehead atoms. The fraction of sp³-hybridized carbons (Fsp3) is 0.533. The van der Waals surface area contributed by atoms with E-state index in [2.05, 4.69) is 46.3 Å². The lowest BCUT2D eigenvalue weighted by Gasteiger charge is -2.36. The zero-order valence-electron chi connectivity index (χ0n) is 11.9. The summed E-state index contributed by atoms with van der Waals surface area (Å²) < 4.78 is 0. The van der Waals surface area contributed by atoms with Crippen molar-refractivity contribution >= 4 is 11.6 Å². The van der Waals surface area contributed by atoms with Crippen molar-refractivity contribution in [1.82, 2.24) is 10.2 Å². The van der Waals surface area contributed by atoms with Crippen molar-refractivity contribution in [3.63, 3.8) is 0 Å². The Balaban J connectivity index is 1.86. The second-order valence-corrected chi connectivity index (χ2v) is 5.00. The van der Waals surface area contributed by atoms with Crippen LogP contribution < -0.4 is 10.2 Å². The van der Waals surface area contributed by atoms with Crippen molar-refractivity contribution in [2.45, 2.75) is 13.8 Å². The lowest BCUT2D eigenvalue weighted by molar-refractivity contribution is -0.122. The number of amides is 1. The van der Waals surface area contributed by atoms with Crippen molar-refractivity contribution in [1.29, 1.82) is 0 Å². The first kappa shape index (κ1) is 13.9. The van der Waals surface area contributed by atoms with Crippen LogP contribution in [0.25, 0.3) is 0 Å². The highest BCUT2D eigenvalue weighted by Gasteiger charge is 2.19. The molecule has 1 heterocycles. The summed E-state index contributed by atoms with van der Waals surface area (Å²) in [6.07, 6.45) is 0. The number of aryl methyl sites for hydroxylation is 1. The number of para-hydroxylation sites is 1. The Hall–Kier alpha value is -1.55. The summed E-state index contributed by atoms with van der Waals surface area (Å²) in [5.41, 5.74) is 2.64. The molecule has 19 heavy (non-hydrogen) atoms. The molecule has 4 nitrogen and oxygen atoms in total. The van der Waals surface area contributed by atoms with Crippen LogP contribution in [0, 0.1) is 6.92 Å². The number of carbonyl (C=O) groups is 1. The van der Waals surface area contributed by atoms with Crippen molar-refractivity contribution < 1.29 is 4.79 Å². The molecular formula is C15H23N3O. The van der Waals surface area contributed by atoms with Crippen LogP contribution >= 0.6 is 0 Å². The number of carbonyl (C=O) groups excluding carboxylic acids is 1. The zero-order chi connectivity index (χ0) is 13.7. The molecule has 1 fully saturated rings. The van der Waals surface area contributed by atoms with E-state index < -0.39 is 0 Å². The molecule has 0 unspecified atom stereocenters. The molecule has 104 valence electrons. The predicted octanol–water partition coefficient (Wildman–Crippen LogP) is 1.25. The van der Waals surface area contributed by atoms with Gasteiger partial charge in [0.15, 0.2) is 0 Å². The van der Waals surface area contributed by atoms with Crippen LogP contribution in [0.15, 0.2) is 24.3 Å². The Bertz CT molecular complexity index is 425. The van der Waals surface area contributed by atoms with E-state index >= 15 is 0 Å². The van der Waals surface area contributed by atoms with Crippen LogP contribution in [0.5, 0.6) is 0 Å². The number of anilines is 1. The predicted molar refractivity (Wildman–Crippen MR) is 78.5 cm³/mol. The molecule has 2 rings (SSSR count). The summed E-state index contributed by atoms with van der Waals surface area (Å²) in [4.78, 5) is 16.2. The van der Waals surface area contributed by atoms with Gasteiger partial charge in [-0.1, -0.05) is 18.2 Å². The highest BCUT2D eigenvalue weighted by molar-refractivity contribution is 5.78. The van der Waals surface area contributed by atoms with Crippen molar-refractivity contribution in [3.05, 3.63) is 29.8 Å². The molecule has 1 N–H and O–H groups in total. The number of nitrogens with zero attached hydrogens (tertiary/aromatic N) is 2. The number of hydrogen-bond acceptors (Lipinski definition) is 3. The molecule has 1 saturated heterocycles. The molecule has 1 aromatic rings. The topological polar surface area (TPSA) is 35.6 Å². The van der Waals surface area contributed by atoms with Crippen molar-refractivity contribution in [2.24, 2.45) is 0 Å². The standard InChI is InChI=1S/C15H23N3O/c1-3-16-15(19)12-17-8-10-18(11-9-17)14-7-5-4-6-13(14)2/h4-7H,3,8-12H2,1-2H3,(H,16,19). The monoisotopic (exact) mass is 261 g/mol. The first-order valence-electron chi connectivity index (χ1n) is 7.00. The molecular weight excluding hydrogens is 238 g/mol. The van der Waals surface area contributed by atoms with Gasteiger partial charge in [-0.2, -0.15) is 0 Å². The number of rotatable bonds is 4. The van der Waals surface area contributed by atoms with Gasteiger partial charge >= 0.3 is 0 Å². The fourth-order valence-electron chi connectivity index (χ4n) is 2.52. The van der Waals surface area contributed by atoms with Gasteiger partial charge in [0, 0.05) is 38.4 Å². The number of nitrogens with one attached hydrogen (secondary N) is 1. The van der Waals surface area contributed by atoms with E-state index in [0.29, 0.717) is 13.1 Å². The third-order valence-corrected chi connectivity index (χ3v) is 3.57. The van der Waals surface area contributed by atoms with Gasteiger partial charge in [0.2, 0.25) is 5.91 Å².